The number of unbranched alkanes of at least 4 members (excludes halogenated alkanes) is 9. The van der Waals surface area contributed by atoms with Crippen LogP contribution in [0.5, 0.6) is 0 Å². The molecule has 0 amide bonds. The molecule has 104 valence electrons. The van der Waals surface area contributed by atoms with Crippen LogP contribution >= 0.6 is 0 Å². The molecule has 0 rings (SSSR count). The predicted octanol–water partition coefficient (Wildman–Crippen LogP) is 5.10. The molecule has 1 N–H and O–H groups in total. The minimum absolute atomic E-state index is 0.886. The van der Waals surface area contributed by atoms with Crippen molar-refractivity contribution in [2.75, 3.05) is 0 Å². The summed E-state index contributed by atoms with van der Waals surface area (Å²) in [4.78, 5) is 10.2. The van der Waals surface area contributed by atoms with E-state index in [-0.39, 0.29) is 0 Å². The van der Waals surface area contributed by atoms with Gasteiger partial charge in [-0.2, -0.15) is 0 Å². The van der Waals surface area contributed by atoms with Gasteiger partial charge in [-0.15, -0.1) is 0 Å². The molecule has 0 radical (unpaired) electrons. The van der Waals surface area contributed by atoms with Crippen molar-refractivity contribution < 1.29 is 9.90 Å². The van der Waals surface area contributed by atoms with Gasteiger partial charge in [0.2, 0.25) is 0 Å². The summed E-state index contributed by atoms with van der Waals surface area (Å²) in [5, 5.41) is 8.37. The lowest BCUT2D eigenvalue weighted by Gasteiger charge is -2.00. The molecule has 0 heterocycles. The molecule has 0 unspecified atom stereocenters. The van der Waals surface area contributed by atoms with E-state index in [2.05, 4.69) is 6.92 Å². The molecule has 18 heavy (non-hydrogen) atoms. The molecule has 0 aromatic heterocycles. The van der Waals surface area contributed by atoms with Crippen LogP contribution in [-0.4, -0.2) is 11.1 Å². The van der Waals surface area contributed by atoms with Crippen LogP contribution in [0.25, 0.3) is 0 Å². The van der Waals surface area contributed by atoms with Crippen molar-refractivity contribution >= 4 is 5.97 Å². The Morgan fingerprint density at radius 3 is 2.00 bits per heavy atom. The Hall–Kier alpha value is -1.05. The topological polar surface area (TPSA) is 37.3 Å². The Kier molecular flexibility index (Phi) is 13.2. The smallest absolute Gasteiger partial charge is 0.328 e. The van der Waals surface area contributed by atoms with E-state index in [1.165, 1.54) is 57.8 Å². The van der Waals surface area contributed by atoms with Crippen LogP contribution in [0, 0.1) is 0 Å². The minimum Gasteiger partial charge on any atom is -0.478 e. The normalized spacial score (nSPS) is 11.6. The van der Waals surface area contributed by atoms with E-state index < -0.39 is 5.97 Å². The maximum Gasteiger partial charge on any atom is 0.328 e. The highest BCUT2D eigenvalue weighted by Gasteiger charge is 1.90. The van der Waals surface area contributed by atoms with Gasteiger partial charge in [0.25, 0.3) is 0 Å². The zero-order valence-corrected chi connectivity index (χ0v) is 11.7. The first kappa shape index (κ1) is 16.9. The fourth-order valence-electron chi connectivity index (χ4n) is 1.89. The second-order valence-corrected chi connectivity index (χ2v) is 4.74. The van der Waals surface area contributed by atoms with E-state index in [0.717, 1.165) is 12.5 Å². The third-order valence-electron chi connectivity index (χ3n) is 2.96. The monoisotopic (exact) mass is 252 g/mol. The highest BCUT2D eigenvalue weighted by atomic mass is 16.4. The summed E-state index contributed by atoms with van der Waals surface area (Å²) in [5.74, 6) is -0.886. The van der Waals surface area contributed by atoms with Gasteiger partial charge in [-0.05, 0) is 12.8 Å². The first-order valence-electron chi connectivity index (χ1n) is 7.33. The SMILES string of the molecule is CCCCCCCCCCC/C=C\C=CC(=O)O. The zero-order chi connectivity index (χ0) is 13.5. The van der Waals surface area contributed by atoms with Crippen molar-refractivity contribution in [3.05, 3.63) is 24.3 Å². The van der Waals surface area contributed by atoms with Crippen molar-refractivity contribution in [2.24, 2.45) is 0 Å². The summed E-state index contributed by atoms with van der Waals surface area (Å²) >= 11 is 0. The van der Waals surface area contributed by atoms with Crippen LogP contribution in [0.4, 0.5) is 0 Å². The molecule has 0 atom stereocenters. The van der Waals surface area contributed by atoms with E-state index in [9.17, 15) is 4.79 Å². The van der Waals surface area contributed by atoms with Crippen LogP contribution in [0.15, 0.2) is 24.3 Å². The van der Waals surface area contributed by atoms with Crippen LogP contribution in [0.3, 0.4) is 0 Å². The Bertz CT molecular complexity index is 241. The number of carbonyl (C=O) groups is 1. The van der Waals surface area contributed by atoms with Crippen LogP contribution < -0.4 is 0 Å². The van der Waals surface area contributed by atoms with Crippen molar-refractivity contribution in [1.82, 2.24) is 0 Å². The van der Waals surface area contributed by atoms with Crippen molar-refractivity contribution in [1.29, 1.82) is 0 Å². The predicted molar refractivity (Wildman–Crippen MR) is 77.8 cm³/mol. The molecule has 0 fully saturated rings. The van der Waals surface area contributed by atoms with Gasteiger partial charge in [0.1, 0.15) is 0 Å². The number of rotatable bonds is 12. The molecule has 0 spiro atoms. The molecule has 0 bridgehead atoms. The lowest BCUT2D eigenvalue weighted by atomic mass is 10.1. The molecule has 0 aliphatic carbocycles. The van der Waals surface area contributed by atoms with Crippen LogP contribution in [-0.2, 0) is 4.79 Å². The molecule has 0 aliphatic rings. The second-order valence-electron chi connectivity index (χ2n) is 4.74. The Morgan fingerprint density at radius 2 is 1.44 bits per heavy atom. The Morgan fingerprint density at radius 1 is 0.889 bits per heavy atom. The average molecular weight is 252 g/mol. The molecular formula is C16H28O2. The fraction of sp³-hybridized carbons (Fsp3) is 0.688. The maximum absolute atomic E-state index is 10.2. The first-order valence-corrected chi connectivity index (χ1v) is 7.33. The Balaban J connectivity index is 3.14. The highest BCUT2D eigenvalue weighted by Crippen LogP contribution is 2.10. The summed E-state index contributed by atoms with van der Waals surface area (Å²) in [6, 6.07) is 0. The van der Waals surface area contributed by atoms with Gasteiger partial charge in [0.15, 0.2) is 0 Å². The third kappa shape index (κ3) is 14.9. The standard InChI is InChI=1S/C16H28O2/c1-2-3-4-5-6-7-8-9-10-11-12-13-14-15-16(17)18/h12-15H,2-11H2,1H3,(H,17,18)/b13-12-,15-14?. The summed E-state index contributed by atoms with van der Waals surface area (Å²) in [6.07, 6.45) is 19.8. The minimum atomic E-state index is -0.886. The molecule has 0 aromatic rings. The van der Waals surface area contributed by atoms with Gasteiger partial charge in [-0.25, -0.2) is 4.79 Å². The van der Waals surface area contributed by atoms with E-state index in [0.29, 0.717) is 0 Å². The summed E-state index contributed by atoms with van der Waals surface area (Å²) in [6.45, 7) is 2.25. The number of carboxylic acid groups (broad SMARTS) is 1. The lowest BCUT2D eigenvalue weighted by Crippen LogP contribution is -1.84. The van der Waals surface area contributed by atoms with Crippen molar-refractivity contribution in [2.45, 2.75) is 71.1 Å². The summed E-state index contributed by atoms with van der Waals surface area (Å²) in [5.41, 5.74) is 0. The van der Waals surface area contributed by atoms with E-state index in [1.807, 2.05) is 12.2 Å². The zero-order valence-electron chi connectivity index (χ0n) is 11.7. The first-order chi connectivity index (χ1) is 8.77. The quantitative estimate of drug-likeness (QED) is 0.298. The van der Waals surface area contributed by atoms with Crippen LogP contribution in [0.1, 0.15) is 71.1 Å². The number of aliphatic carboxylic acids is 1. The molecule has 0 saturated carbocycles. The van der Waals surface area contributed by atoms with E-state index in [4.69, 9.17) is 5.11 Å². The molecule has 0 aromatic carbocycles. The summed E-state index contributed by atoms with van der Waals surface area (Å²) < 4.78 is 0. The molecule has 2 heteroatoms. The Labute approximate surface area is 112 Å². The van der Waals surface area contributed by atoms with Gasteiger partial charge in [0.05, 0.1) is 0 Å². The van der Waals surface area contributed by atoms with Gasteiger partial charge in [0, 0.05) is 6.08 Å². The second kappa shape index (κ2) is 14.0. The van der Waals surface area contributed by atoms with Gasteiger partial charge in [-0.1, -0.05) is 76.5 Å². The third-order valence-corrected chi connectivity index (χ3v) is 2.96. The molecule has 0 saturated heterocycles. The number of hydrogen-bond acceptors (Lipinski definition) is 1. The average Bonchev–Trinajstić information content (AvgIpc) is 2.34. The number of carboxylic acids is 1. The number of hydrogen-bond donors (Lipinski definition) is 1. The molecule has 2 nitrogen and oxygen atoms in total. The summed E-state index contributed by atoms with van der Waals surface area (Å²) in [7, 11) is 0. The van der Waals surface area contributed by atoms with Gasteiger partial charge in [-0.3, -0.25) is 0 Å². The van der Waals surface area contributed by atoms with Gasteiger partial charge < -0.3 is 5.11 Å². The van der Waals surface area contributed by atoms with E-state index in [1.54, 1.807) is 6.08 Å². The fourth-order valence-corrected chi connectivity index (χ4v) is 1.89. The lowest BCUT2D eigenvalue weighted by molar-refractivity contribution is -0.131. The maximum atomic E-state index is 10.2. The van der Waals surface area contributed by atoms with Crippen LogP contribution in [0.2, 0.25) is 0 Å². The van der Waals surface area contributed by atoms with Crippen molar-refractivity contribution in [3.8, 4) is 0 Å². The largest absolute Gasteiger partial charge is 0.478 e. The van der Waals surface area contributed by atoms with E-state index >= 15 is 0 Å². The van der Waals surface area contributed by atoms with Crippen molar-refractivity contribution in [3.63, 3.8) is 0 Å². The number of allylic oxidation sites excluding steroid dienone is 3. The molecular weight excluding hydrogens is 224 g/mol. The molecule has 0 aliphatic heterocycles. The highest BCUT2D eigenvalue weighted by molar-refractivity contribution is 5.80. The van der Waals surface area contributed by atoms with Gasteiger partial charge >= 0.3 is 5.97 Å².